The molecule has 2 aromatic carbocycles. The largest absolute Gasteiger partial charge is 0.459 e. The molecule has 0 spiro atoms. The summed E-state index contributed by atoms with van der Waals surface area (Å²) < 4.78 is 5.17. The lowest BCUT2D eigenvalue weighted by Gasteiger charge is -2.19. The van der Waals surface area contributed by atoms with Crippen molar-refractivity contribution in [1.29, 1.82) is 0 Å². The predicted octanol–water partition coefficient (Wildman–Crippen LogP) is 4.11. The quantitative estimate of drug-likeness (QED) is 0.786. The molecule has 0 fully saturated rings. The van der Waals surface area contributed by atoms with Gasteiger partial charge < -0.3 is 9.73 Å². The first kappa shape index (κ1) is 14.1. The SMILES string of the molecule is Cc1ccc([C@H](NC(=O)c2ccco2)c2ccccc2)cc1. The van der Waals surface area contributed by atoms with Gasteiger partial charge in [-0.3, -0.25) is 4.79 Å². The van der Waals surface area contributed by atoms with E-state index in [2.05, 4.69) is 5.32 Å². The van der Waals surface area contributed by atoms with Gasteiger partial charge in [0, 0.05) is 0 Å². The zero-order valence-electron chi connectivity index (χ0n) is 12.3. The summed E-state index contributed by atoms with van der Waals surface area (Å²) in [6, 6.07) is 21.2. The van der Waals surface area contributed by atoms with Crippen LogP contribution in [0, 0.1) is 6.92 Å². The summed E-state index contributed by atoms with van der Waals surface area (Å²) in [5.74, 6) is 0.0903. The van der Waals surface area contributed by atoms with Gasteiger partial charge in [0.25, 0.3) is 5.91 Å². The zero-order valence-corrected chi connectivity index (χ0v) is 12.3. The van der Waals surface area contributed by atoms with Crippen LogP contribution in [0.3, 0.4) is 0 Å². The van der Waals surface area contributed by atoms with Crippen LogP contribution in [-0.4, -0.2) is 5.91 Å². The maximum Gasteiger partial charge on any atom is 0.287 e. The van der Waals surface area contributed by atoms with Gasteiger partial charge in [0.15, 0.2) is 5.76 Å². The number of furan rings is 1. The molecule has 3 aromatic rings. The van der Waals surface area contributed by atoms with Crippen LogP contribution in [-0.2, 0) is 0 Å². The van der Waals surface area contributed by atoms with Crippen LogP contribution in [0.5, 0.6) is 0 Å². The monoisotopic (exact) mass is 291 g/mol. The molecule has 0 saturated carbocycles. The third-order valence-corrected chi connectivity index (χ3v) is 3.56. The third kappa shape index (κ3) is 3.09. The summed E-state index contributed by atoms with van der Waals surface area (Å²) in [6.45, 7) is 2.04. The second-order valence-corrected chi connectivity index (χ2v) is 5.21. The molecule has 0 bridgehead atoms. The van der Waals surface area contributed by atoms with E-state index in [1.54, 1.807) is 12.1 Å². The highest BCUT2D eigenvalue weighted by Gasteiger charge is 2.18. The first-order chi connectivity index (χ1) is 10.7. The summed E-state index contributed by atoms with van der Waals surface area (Å²) in [6.07, 6.45) is 1.50. The van der Waals surface area contributed by atoms with Gasteiger partial charge in [-0.1, -0.05) is 60.2 Å². The molecule has 1 N–H and O–H groups in total. The molecule has 110 valence electrons. The molecule has 22 heavy (non-hydrogen) atoms. The number of aryl methyl sites for hydroxylation is 1. The molecule has 0 saturated heterocycles. The van der Waals surface area contributed by atoms with Gasteiger partial charge in [0.1, 0.15) is 0 Å². The number of amides is 1. The van der Waals surface area contributed by atoms with Crippen LogP contribution in [0.25, 0.3) is 0 Å². The lowest BCUT2D eigenvalue weighted by atomic mass is 9.97. The standard InChI is InChI=1S/C19H17NO2/c1-14-9-11-16(12-10-14)18(15-6-3-2-4-7-15)20-19(21)17-8-5-13-22-17/h2-13,18H,1H3,(H,20,21)/t18-/m1/s1. The van der Waals surface area contributed by atoms with E-state index in [9.17, 15) is 4.79 Å². The summed E-state index contributed by atoms with van der Waals surface area (Å²) >= 11 is 0. The first-order valence-electron chi connectivity index (χ1n) is 7.20. The van der Waals surface area contributed by atoms with Crippen molar-refractivity contribution in [2.24, 2.45) is 0 Å². The fourth-order valence-electron chi connectivity index (χ4n) is 2.37. The molecule has 0 aliphatic heterocycles. The topological polar surface area (TPSA) is 42.2 Å². The minimum Gasteiger partial charge on any atom is -0.459 e. The van der Waals surface area contributed by atoms with Crippen LogP contribution >= 0.6 is 0 Å². The summed E-state index contributed by atoms with van der Waals surface area (Å²) in [7, 11) is 0. The van der Waals surface area contributed by atoms with Crippen LogP contribution in [0.4, 0.5) is 0 Å². The van der Waals surface area contributed by atoms with Crippen LogP contribution < -0.4 is 5.32 Å². The Morgan fingerprint density at radius 2 is 1.59 bits per heavy atom. The Morgan fingerprint density at radius 3 is 2.23 bits per heavy atom. The van der Waals surface area contributed by atoms with Crippen molar-refractivity contribution in [3.05, 3.63) is 95.4 Å². The van der Waals surface area contributed by atoms with Gasteiger partial charge in [0.05, 0.1) is 12.3 Å². The molecule has 0 radical (unpaired) electrons. The number of carbonyl (C=O) groups is 1. The molecule has 3 heteroatoms. The van der Waals surface area contributed by atoms with Crippen LogP contribution in [0.2, 0.25) is 0 Å². The Balaban J connectivity index is 1.93. The van der Waals surface area contributed by atoms with E-state index in [0.29, 0.717) is 5.76 Å². The highest BCUT2D eigenvalue weighted by molar-refractivity contribution is 5.91. The molecule has 3 nitrogen and oxygen atoms in total. The average Bonchev–Trinajstić information content (AvgIpc) is 3.09. The number of hydrogen-bond donors (Lipinski definition) is 1. The molecule has 1 aromatic heterocycles. The Bertz CT molecular complexity index is 731. The van der Waals surface area contributed by atoms with Crippen LogP contribution in [0.15, 0.2) is 77.4 Å². The van der Waals surface area contributed by atoms with Gasteiger partial charge in [0.2, 0.25) is 0 Å². The zero-order chi connectivity index (χ0) is 15.4. The summed E-state index contributed by atoms with van der Waals surface area (Å²) in [5, 5.41) is 3.04. The molecular weight excluding hydrogens is 274 g/mol. The van der Waals surface area contributed by atoms with Gasteiger partial charge in [-0.2, -0.15) is 0 Å². The third-order valence-electron chi connectivity index (χ3n) is 3.56. The van der Waals surface area contributed by atoms with Gasteiger partial charge in [-0.05, 0) is 30.2 Å². The smallest absolute Gasteiger partial charge is 0.287 e. The number of hydrogen-bond acceptors (Lipinski definition) is 2. The van der Waals surface area contributed by atoms with Crippen molar-refractivity contribution >= 4 is 5.91 Å². The number of benzene rings is 2. The number of rotatable bonds is 4. The molecule has 0 aliphatic rings. The normalized spacial score (nSPS) is 11.9. The Kier molecular flexibility index (Phi) is 4.05. The Hall–Kier alpha value is -2.81. The summed E-state index contributed by atoms with van der Waals surface area (Å²) in [5.41, 5.74) is 3.26. The van der Waals surface area contributed by atoms with E-state index in [-0.39, 0.29) is 11.9 Å². The van der Waals surface area contributed by atoms with E-state index >= 15 is 0 Å². The number of carbonyl (C=O) groups excluding carboxylic acids is 1. The lowest BCUT2D eigenvalue weighted by molar-refractivity contribution is 0.0915. The van der Waals surface area contributed by atoms with Crippen molar-refractivity contribution in [2.45, 2.75) is 13.0 Å². The van der Waals surface area contributed by atoms with Gasteiger partial charge >= 0.3 is 0 Å². The summed E-state index contributed by atoms with van der Waals surface area (Å²) in [4.78, 5) is 12.3. The lowest BCUT2D eigenvalue weighted by Crippen LogP contribution is -2.29. The van der Waals surface area contributed by atoms with E-state index in [4.69, 9.17) is 4.42 Å². The molecule has 0 aliphatic carbocycles. The Morgan fingerprint density at radius 1 is 0.909 bits per heavy atom. The second-order valence-electron chi connectivity index (χ2n) is 5.21. The van der Waals surface area contributed by atoms with Crippen molar-refractivity contribution in [3.8, 4) is 0 Å². The first-order valence-corrected chi connectivity index (χ1v) is 7.20. The minimum absolute atomic E-state index is 0.209. The fourth-order valence-corrected chi connectivity index (χ4v) is 2.37. The maximum absolute atomic E-state index is 12.3. The van der Waals surface area contributed by atoms with Crippen molar-refractivity contribution in [1.82, 2.24) is 5.32 Å². The van der Waals surface area contributed by atoms with Crippen LogP contribution in [0.1, 0.15) is 33.3 Å². The predicted molar refractivity (Wildman–Crippen MR) is 85.6 cm³/mol. The molecular formula is C19H17NO2. The van der Waals surface area contributed by atoms with E-state index in [1.165, 1.54) is 11.8 Å². The van der Waals surface area contributed by atoms with Crippen molar-refractivity contribution < 1.29 is 9.21 Å². The van der Waals surface area contributed by atoms with Crippen molar-refractivity contribution in [3.63, 3.8) is 0 Å². The van der Waals surface area contributed by atoms with E-state index < -0.39 is 0 Å². The molecule has 3 rings (SSSR count). The molecule has 0 unspecified atom stereocenters. The average molecular weight is 291 g/mol. The van der Waals surface area contributed by atoms with Gasteiger partial charge in [-0.15, -0.1) is 0 Å². The van der Waals surface area contributed by atoms with Gasteiger partial charge in [-0.25, -0.2) is 0 Å². The Labute approximate surface area is 129 Å². The van der Waals surface area contributed by atoms with Crippen molar-refractivity contribution in [2.75, 3.05) is 0 Å². The molecule has 1 atom stereocenters. The fraction of sp³-hybridized carbons (Fsp3) is 0.105. The highest BCUT2D eigenvalue weighted by Crippen LogP contribution is 2.23. The minimum atomic E-state index is -0.223. The maximum atomic E-state index is 12.3. The van der Waals surface area contributed by atoms with E-state index in [0.717, 1.165) is 11.1 Å². The second kappa shape index (κ2) is 6.31. The van der Waals surface area contributed by atoms with E-state index in [1.807, 2.05) is 61.5 Å². The molecule has 1 heterocycles. The number of nitrogens with one attached hydrogen (secondary N) is 1. The molecule has 1 amide bonds. The highest BCUT2D eigenvalue weighted by atomic mass is 16.3.